The number of hydrogen-bond donors (Lipinski definition) is 1. The third kappa shape index (κ3) is 4.67. The lowest BCUT2D eigenvalue weighted by molar-refractivity contribution is 0.143. The lowest BCUT2D eigenvalue weighted by atomic mass is 10.1. The molecule has 0 spiro atoms. The minimum Gasteiger partial charge on any atom is -0.496 e. The Labute approximate surface area is 181 Å². The molecule has 9 heteroatoms. The van der Waals surface area contributed by atoms with E-state index in [4.69, 9.17) is 9.72 Å². The molecule has 3 heterocycles. The van der Waals surface area contributed by atoms with E-state index in [2.05, 4.69) is 38.3 Å². The van der Waals surface area contributed by atoms with Crippen molar-refractivity contribution in [1.82, 2.24) is 24.8 Å². The third-order valence-electron chi connectivity index (χ3n) is 4.76. The molecule has 1 aliphatic heterocycles. The number of para-hydroxylation sites is 1. The maximum atomic E-state index is 5.48. The van der Waals surface area contributed by atoms with Crippen LogP contribution >= 0.6 is 36.2 Å². The normalized spacial score (nSPS) is 16.9. The first-order chi connectivity index (χ1) is 12.8. The van der Waals surface area contributed by atoms with Gasteiger partial charge in [0, 0.05) is 51.0 Å². The van der Waals surface area contributed by atoms with Gasteiger partial charge in [-0.25, -0.2) is 9.97 Å². The fourth-order valence-electron chi connectivity index (χ4n) is 3.42. The summed E-state index contributed by atoms with van der Waals surface area (Å²) in [5, 5.41) is 6.64. The van der Waals surface area contributed by atoms with E-state index in [1.807, 2.05) is 30.6 Å². The molecule has 2 aromatic heterocycles. The summed E-state index contributed by atoms with van der Waals surface area (Å²) >= 11 is 1.67. The van der Waals surface area contributed by atoms with Crippen LogP contribution < -0.4 is 10.1 Å². The van der Waals surface area contributed by atoms with E-state index in [1.165, 1.54) is 0 Å². The molecule has 6 nitrogen and oxygen atoms in total. The fraction of sp³-hybridized carbons (Fsp3) is 0.368. The molecule has 1 unspecified atom stereocenters. The molecule has 1 aromatic carbocycles. The smallest absolute Gasteiger partial charge is 0.129 e. The van der Waals surface area contributed by atoms with Crippen molar-refractivity contribution in [3.05, 3.63) is 53.6 Å². The monoisotopic (exact) mass is 441 g/mol. The Morgan fingerprint density at radius 1 is 1.29 bits per heavy atom. The zero-order chi connectivity index (χ0) is 17.9. The predicted octanol–water partition coefficient (Wildman–Crippen LogP) is 3.54. The summed E-state index contributed by atoms with van der Waals surface area (Å²) in [6, 6.07) is 8.30. The SMILES string of the molecule is COc1ccccc1-c1nc(CN2CCNCC2c2nccn2C)cs1.Cl.Cl. The molecule has 0 radical (unpaired) electrons. The van der Waals surface area contributed by atoms with Crippen LogP contribution in [0.4, 0.5) is 0 Å². The molecule has 4 rings (SSSR count). The van der Waals surface area contributed by atoms with E-state index in [9.17, 15) is 0 Å². The minimum absolute atomic E-state index is 0. The largest absolute Gasteiger partial charge is 0.496 e. The number of nitrogens with zero attached hydrogens (tertiary/aromatic N) is 4. The van der Waals surface area contributed by atoms with Crippen molar-refractivity contribution in [3.63, 3.8) is 0 Å². The van der Waals surface area contributed by atoms with Crippen molar-refractivity contribution >= 4 is 36.2 Å². The zero-order valence-corrected chi connectivity index (χ0v) is 18.3. The summed E-state index contributed by atoms with van der Waals surface area (Å²) in [5.74, 6) is 1.96. The highest BCUT2D eigenvalue weighted by Gasteiger charge is 2.27. The molecule has 0 bridgehead atoms. The number of aryl methyl sites for hydroxylation is 1. The van der Waals surface area contributed by atoms with Gasteiger partial charge in [0.2, 0.25) is 0 Å². The second kappa shape index (κ2) is 10.2. The van der Waals surface area contributed by atoms with Gasteiger partial charge in [-0.3, -0.25) is 4.90 Å². The van der Waals surface area contributed by atoms with Crippen molar-refractivity contribution in [2.24, 2.45) is 7.05 Å². The standard InChI is InChI=1S/C19H23N5OS.2ClH/c1-23-9-8-21-18(23)16-11-20-7-10-24(16)12-14-13-26-19(22-14)15-5-3-4-6-17(15)25-2;;/h3-6,8-9,13,16,20H,7,10-12H2,1-2H3;2*1H. The van der Waals surface area contributed by atoms with Crippen LogP contribution in [-0.4, -0.2) is 46.2 Å². The van der Waals surface area contributed by atoms with Gasteiger partial charge >= 0.3 is 0 Å². The van der Waals surface area contributed by atoms with Gasteiger partial charge in [-0.1, -0.05) is 12.1 Å². The molecule has 3 aromatic rings. The molecular weight excluding hydrogens is 417 g/mol. The molecule has 0 saturated carbocycles. The van der Waals surface area contributed by atoms with E-state index in [0.29, 0.717) is 0 Å². The van der Waals surface area contributed by atoms with E-state index in [1.54, 1.807) is 18.4 Å². The highest BCUT2D eigenvalue weighted by atomic mass is 35.5. The Morgan fingerprint density at radius 2 is 2.11 bits per heavy atom. The number of imidazole rings is 1. The second-order valence-corrected chi connectivity index (χ2v) is 7.29. The lowest BCUT2D eigenvalue weighted by Gasteiger charge is -2.35. The van der Waals surface area contributed by atoms with E-state index < -0.39 is 0 Å². The summed E-state index contributed by atoms with van der Waals surface area (Å²) in [7, 11) is 3.75. The quantitative estimate of drug-likeness (QED) is 0.655. The molecule has 1 atom stereocenters. The molecule has 28 heavy (non-hydrogen) atoms. The molecule has 1 saturated heterocycles. The number of rotatable bonds is 5. The maximum absolute atomic E-state index is 5.48. The van der Waals surface area contributed by atoms with Crippen molar-refractivity contribution in [3.8, 4) is 16.3 Å². The van der Waals surface area contributed by atoms with Crippen LogP contribution in [0.2, 0.25) is 0 Å². The average molecular weight is 442 g/mol. The summed E-state index contributed by atoms with van der Waals surface area (Å²) in [5.41, 5.74) is 2.14. The summed E-state index contributed by atoms with van der Waals surface area (Å²) in [4.78, 5) is 11.9. The first kappa shape index (κ1) is 22.6. The Balaban J connectivity index is 0.00000140. The van der Waals surface area contributed by atoms with Crippen molar-refractivity contribution in [2.45, 2.75) is 12.6 Å². The molecule has 1 aliphatic rings. The molecule has 152 valence electrons. The molecule has 1 fully saturated rings. The van der Waals surface area contributed by atoms with Crippen LogP contribution in [0.1, 0.15) is 17.6 Å². The number of hydrogen-bond acceptors (Lipinski definition) is 6. The fourth-order valence-corrected chi connectivity index (χ4v) is 4.26. The first-order valence-electron chi connectivity index (χ1n) is 8.76. The summed E-state index contributed by atoms with van der Waals surface area (Å²) in [6.45, 7) is 3.71. The van der Waals surface area contributed by atoms with Crippen molar-refractivity contribution in [1.29, 1.82) is 0 Å². The predicted molar refractivity (Wildman–Crippen MR) is 118 cm³/mol. The molecule has 0 amide bonds. The number of methoxy groups -OCH3 is 1. The molecule has 1 N–H and O–H groups in total. The van der Waals surface area contributed by atoms with Gasteiger partial charge in [0.1, 0.15) is 16.6 Å². The Hall–Kier alpha value is -1.64. The van der Waals surface area contributed by atoms with Gasteiger partial charge in [-0.15, -0.1) is 36.2 Å². The van der Waals surface area contributed by atoms with E-state index in [0.717, 1.165) is 54.0 Å². The average Bonchev–Trinajstić information content (AvgIpc) is 3.31. The number of nitrogens with one attached hydrogen (secondary N) is 1. The third-order valence-corrected chi connectivity index (χ3v) is 5.69. The number of halogens is 2. The van der Waals surface area contributed by atoms with Gasteiger partial charge in [-0.2, -0.15) is 0 Å². The summed E-state index contributed by atoms with van der Waals surface area (Å²) < 4.78 is 7.58. The molecular formula is C19H25Cl2N5OS. The van der Waals surface area contributed by atoms with Crippen LogP contribution in [0.5, 0.6) is 5.75 Å². The number of piperazine rings is 1. The van der Waals surface area contributed by atoms with Gasteiger partial charge in [0.05, 0.1) is 24.4 Å². The van der Waals surface area contributed by atoms with Gasteiger partial charge in [0.15, 0.2) is 0 Å². The second-order valence-electron chi connectivity index (χ2n) is 6.43. The number of aromatic nitrogens is 3. The summed E-state index contributed by atoms with van der Waals surface area (Å²) in [6.07, 6.45) is 3.87. The van der Waals surface area contributed by atoms with E-state index >= 15 is 0 Å². The van der Waals surface area contributed by atoms with Crippen LogP contribution in [0.3, 0.4) is 0 Å². The van der Waals surface area contributed by atoms with Crippen LogP contribution in [0.25, 0.3) is 10.6 Å². The lowest BCUT2D eigenvalue weighted by Crippen LogP contribution is -2.46. The van der Waals surface area contributed by atoms with Gasteiger partial charge in [-0.05, 0) is 12.1 Å². The first-order valence-corrected chi connectivity index (χ1v) is 9.64. The van der Waals surface area contributed by atoms with Crippen molar-refractivity contribution < 1.29 is 4.74 Å². The van der Waals surface area contributed by atoms with Crippen LogP contribution in [-0.2, 0) is 13.6 Å². The van der Waals surface area contributed by atoms with Gasteiger partial charge < -0.3 is 14.6 Å². The van der Waals surface area contributed by atoms with Crippen molar-refractivity contribution in [2.75, 3.05) is 26.7 Å². The Bertz CT molecular complexity index is 885. The van der Waals surface area contributed by atoms with Crippen LogP contribution in [0.15, 0.2) is 42.0 Å². The highest BCUT2D eigenvalue weighted by molar-refractivity contribution is 7.13. The minimum atomic E-state index is 0. The number of thiazole rings is 1. The highest BCUT2D eigenvalue weighted by Crippen LogP contribution is 2.32. The number of benzene rings is 1. The van der Waals surface area contributed by atoms with E-state index in [-0.39, 0.29) is 30.9 Å². The Kier molecular flexibility index (Phi) is 8.27. The zero-order valence-electron chi connectivity index (χ0n) is 15.9. The topological polar surface area (TPSA) is 55.2 Å². The number of ether oxygens (including phenoxy) is 1. The van der Waals surface area contributed by atoms with Crippen LogP contribution in [0, 0.1) is 0 Å². The van der Waals surface area contributed by atoms with Gasteiger partial charge in [0.25, 0.3) is 0 Å². The Morgan fingerprint density at radius 3 is 2.86 bits per heavy atom. The maximum Gasteiger partial charge on any atom is 0.129 e. The molecule has 0 aliphatic carbocycles.